The molecule has 0 aliphatic carbocycles. The van der Waals surface area contributed by atoms with Crippen LogP contribution in [0.2, 0.25) is 5.02 Å². The van der Waals surface area contributed by atoms with Crippen LogP contribution in [0.3, 0.4) is 0 Å². The number of nitriles is 1. The fraction of sp³-hybridized carbons (Fsp3) is 0.333. The molecule has 7 heteroatoms. The Morgan fingerprint density at radius 1 is 1.53 bits per heavy atom. The Labute approximate surface area is 116 Å². The molecule has 0 atom stereocenters. The number of hydrogen-bond donors (Lipinski definition) is 2. The molecule has 0 fully saturated rings. The lowest BCUT2D eigenvalue weighted by Crippen LogP contribution is -2.37. The van der Waals surface area contributed by atoms with Crippen LogP contribution in [0.4, 0.5) is 4.39 Å². The van der Waals surface area contributed by atoms with Crippen molar-refractivity contribution < 1.29 is 9.13 Å². The van der Waals surface area contributed by atoms with Gasteiger partial charge in [0.25, 0.3) is 0 Å². The first-order valence-electron chi connectivity index (χ1n) is 5.54. The van der Waals surface area contributed by atoms with Crippen LogP contribution in [-0.4, -0.2) is 26.3 Å². The minimum Gasteiger partial charge on any atom is -0.495 e. The first-order valence-corrected chi connectivity index (χ1v) is 5.92. The number of ether oxygens (including phenoxy) is 1. The van der Waals surface area contributed by atoms with E-state index < -0.39 is 6.67 Å². The Balaban J connectivity index is 2.69. The molecule has 0 unspecified atom stereocenters. The molecule has 0 amide bonds. The fourth-order valence-electron chi connectivity index (χ4n) is 1.39. The van der Waals surface area contributed by atoms with E-state index in [-0.39, 0.29) is 12.5 Å². The van der Waals surface area contributed by atoms with E-state index in [2.05, 4.69) is 15.6 Å². The van der Waals surface area contributed by atoms with Crippen LogP contribution in [0.15, 0.2) is 23.2 Å². The summed E-state index contributed by atoms with van der Waals surface area (Å²) in [5, 5.41) is 14.5. The highest BCUT2D eigenvalue weighted by molar-refractivity contribution is 6.32. The van der Waals surface area contributed by atoms with Gasteiger partial charge < -0.3 is 15.4 Å². The van der Waals surface area contributed by atoms with Crippen LogP contribution in [0.25, 0.3) is 0 Å². The minimum atomic E-state index is -0.550. The van der Waals surface area contributed by atoms with Crippen LogP contribution in [0, 0.1) is 11.5 Å². The molecule has 0 heterocycles. The zero-order chi connectivity index (χ0) is 14.1. The molecular weight excluding hydrogens is 271 g/mol. The first kappa shape index (κ1) is 15.1. The number of benzene rings is 1. The fourth-order valence-corrected chi connectivity index (χ4v) is 1.66. The molecular formula is C12H14ClFN4O. The molecule has 0 spiro atoms. The summed E-state index contributed by atoms with van der Waals surface area (Å²) in [6.45, 7) is -0.124. The second-order valence-electron chi connectivity index (χ2n) is 3.46. The van der Waals surface area contributed by atoms with Crippen LogP contribution in [0.5, 0.6) is 5.75 Å². The third kappa shape index (κ3) is 4.64. The van der Waals surface area contributed by atoms with Gasteiger partial charge >= 0.3 is 0 Å². The van der Waals surface area contributed by atoms with E-state index in [0.717, 1.165) is 5.56 Å². The number of aliphatic imine (C=N–C) groups is 1. The van der Waals surface area contributed by atoms with Crippen molar-refractivity contribution in [2.24, 2.45) is 4.99 Å². The molecule has 0 aliphatic rings. The summed E-state index contributed by atoms with van der Waals surface area (Å²) in [6.07, 6.45) is 1.63. The lowest BCUT2D eigenvalue weighted by molar-refractivity contribution is 0.414. The summed E-state index contributed by atoms with van der Waals surface area (Å²) >= 11 is 6.12. The predicted octanol–water partition coefficient (Wildman–Crippen LogP) is 1.83. The number of rotatable bonds is 5. The Morgan fingerprint density at radius 2 is 2.32 bits per heavy atom. The Kier molecular flexibility index (Phi) is 6.47. The minimum absolute atomic E-state index is 0.0827. The van der Waals surface area contributed by atoms with Crippen LogP contribution in [0.1, 0.15) is 5.56 Å². The summed E-state index contributed by atoms with van der Waals surface area (Å²) in [4.78, 5) is 3.51. The maximum Gasteiger partial charge on any atom is 0.209 e. The van der Waals surface area contributed by atoms with Gasteiger partial charge in [0.2, 0.25) is 12.2 Å². The Hall–Kier alpha value is -2.00. The van der Waals surface area contributed by atoms with Gasteiger partial charge in [-0.05, 0) is 11.6 Å². The molecule has 102 valence electrons. The largest absolute Gasteiger partial charge is 0.495 e. The molecule has 0 bridgehead atoms. The van der Waals surface area contributed by atoms with Crippen molar-refractivity contribution in [1.29, 1.82) is 5.26 Å². The lowest BCUT2D eigenvalue weighted by atomic mass is 10.2. The average molecular weight is 285 g/mol. The average Bonchev–Trinajstić information content (AvgIpc) is 2.43. The number of alkyl halides is 1. The third-order valence-electron chi connectivity index (χ3n) is 2.26. The SMILES string of the molecule is COc1cccc(CN/C(=N/C#N)NCCF)c1Cl. The van der Waals surface area contributed by atoms with Crippen molar-refractivity contribution in [2.45, 2.75) is 6.54 Å². The monoisotopic (exact) mass is 284 g/mol. The van der Waals surface area contributed by atoms with E-state index in [0.29, 0.717) is 17.3 Å². The van der Waals surface area contributed by atoms with Crippen molar-refractivity contribution in [2.75, 3.05) is 20.3 Å². The third-order valence-corrected chi connectivity index (χ3v) is 2.69. The van der Waals surface area contributed by atoms with Gasteiger partial charge in [-0.3, -0.25) is 0 Å². The highest BCUT2D eigenvalue weighted by Gasteiger charge is 2.07. The van der Waals surface area contributed by atoms with Gasteiger partial charge in [0.1, 0.15) is 12.4 Å². The predicted molar refractivity (Wildman–Crippen MR) is 71.9 cm³/mol. The number of nitrogens with zero attached hydrogens (tertiary/aromatic N) is 2. The molecule has 0 radical (unpaired) electrons. The molecule has 1 aromatic carbocycles. The number of guanidine groups is 1. The van der Waals surface area contributed by atoms with Gasteiger partial charge in [-0.2, -0.15) is 5.26 Å². The molecule has 5 nitrogen and oxygen atoms in total. The van der Waals surface area contributed by atoms with Crippen molar-refractivity contribution in [3.63, 3.8) is 0 Å². The van der Waals surface area contributed by atoms with Crippen molar-refractivity contribution in [3.8, 4) is 11.9 Å². The second-order valence-corrected chi connectivity index (χ2v) is 3.84. The van der Waals surface area contributed by atoms with E-state index in [1.54, 1.807) is 18.3 Å². The summed E-state index contributed by atoms with van der Waals surface area (Å²) < 4.78 is 17.2. The number of halogens is 2. The smallest absolute Gasteiger partial charge is 0.209 e. The number of hydrogen-bond acceptors (Lipinski definition) is 3. The van der Waals surface area contributed by atoms with Crippen molar-refractivity contribution in [1.82, 2.24) is 10.6 Å². The first-order chi connectivity index (χ1) is 9.22. The summed E-state index contributed by atoms with van der Waals surface area (Å²) in [6, 6.07) is 5.37. The Morgan fingerprint density at radius 3 is 2.95 bits per heavy atom. The quantitative estimate of drug-likeness (QED) is 0.492. The van der Waals surface area contributed by atoms with Crippen LogP contribution < -0.4 is 15.4 Å². The zero-order valence-corrected chi connectivity index (χ0v) is 11.2. The van der Waals surface area contributed by atoms with Crippen LogP contribution in [-0.2, 0) is 6.54 Å². The lowest BCUT2D eigenvalue weighted by Gasteiger charge is -2.12. The molecule has 0 saturated heterocycles. The normalized spacial score (nSPS) is 10.7. The standard InChI is InChI=1S/C12H14ClFN4O/c1-19-10-4-2-3-9(11(10)13)7-17-12(18-8-15)16-6-5-14/h2-4H,5-7H2,1H3,(H2,16,17,18). The maximum absolute atomic E-state index is 12.1. The number of nitrogens with one attached hydrogen (secondary N) is 2. The van der Waals surface area contributed by atoms with E-state index in [4.69, 9.17) is 21.6 Å². The highest BCUT2D eigenvalue weighted by Crippen LogP contribution is 2.27. The van der Waals surface area contributed by atoms with Crippen molar-refractivity contribution >= 4 is 17.6 Å². The van der Waals surface area contributed by atoms with Crippen LogP contribution >= 0.6 is 11.6 Å². The molecule has 0 aromatic heterocycles. The summed E-state index contributed by atoms with van der Waals surface area (Å²) in [5.74, 6) is 0.774. The summed E-state index contributed by atoms with van der Waals surface area (Å²) in [7, 11) is 1.53. The van der Waals surface area contributed by atoms with Gasteiger partial charge in [-0.1, -0.05) is 23.7 Å². The molecule has 19 heavy (non-hydrogen) atoms. The zero-order valence-electron chi connectivity index (χ0n) is 10.4. The van der Waals surface area contributed by atoms with E-state index in [1.807, 2.05) is 6.07 Å². The van der Waals surface area contributed by atoms with Gasteiger partial charge in [-0.15, -0.1) is 4.99 Å². The molecule has 1 rings (SSSR count). The van der Waals surface area contributed by atoms with Gasteiger partial charge in [0.05, 0.1) is 12.1 Å². The molecule has 0 aliphatic heterocycles. The summed E-state index contributed by atoms with van der Waals surface area (Å²) in [5.41, 5.74) is 0.786. The molecule has 1 aromatic rings. The van der Waals surface area contributed by atoms with E-state index in [9.17, 15) is 4.39 Å². The molecule has 0 saturated carbocycles. The van der Waals surface area contributed by atoms with E-state index >= 15 is 0 Å². The van der Waals surface area contributed by atoms with Gasteiger partial charge in [-0.25, -0.2) is 4.39 Å². The maximum atomic E-state index is 12.1. The van der Waals surface area contributed by atoms with E-state index in [1.165, 1.54) is 7.11 Å². The topological polar surface area (TPSA) is 69.4 Å². The highest BCUT2D eigenvalue weighted by atomic mass is 35.5. The van der Waals surface area contributed by atoms with Gasteiger partial charge in [0, 0.05) is 13.1 Å². The Bertz CT molecular complexity index is 487. The second kappa shape index (κ2) is 8.16. The van der Waals surface area contributed by atoms with Gasteiger partial charge in [0.15, 0.2) is 0 Å². The van der Waals surface area contributed by atoms with Crippen molar-refractivity contribution in [3.05, 3.63) is 28.8 Å². The number of methoxy groups -OCH3 is 1. The molecule has 2 N–H and O–H groups in total.